The van der Waals surface area contributed by atoms with E-state index in [9.17, 15) is 4.79 Å². The molecule has 1 aliphatic rings. The Labute approximate surface area is 118 Å². The molecule has 102 valence electrons. The number of methoxy groups -OCH3 is 1. The number of benzene rings is 2. The van der Waals surface area contributed by atoms with Gasteiger partial charge in [0.2, 0.25) is 5.91 Å². The molecule has 0 bridgehead atoms. The van der Waals surface area contributed by atoms with Crippen molar-refractivity contribution >= 4 is 11.6 Å². The second kappa shape index (κ2) is 4.37. The zero-order chi connectivity index (χ0) is 14.3. The van der Waals surface area contributed by atoms with Crippen molar-refractivity contribution < 1.29 is 9.53 Å². The number of carbonyl (C=O) groups excluding carboxylic acids is 1. The molecule has 1 heterocycles. The predicted molar refractivity (Wildman–Crippen MR) is 79.3 cm³/mol. The summed E-state index contributed by atoms with van der Waals surface area (Å²) in [5.74, 6) is 0.854. The van der Waals surface area contributed by atoms with E-state index >= 15 is 0 Å². The number of amides is 1. The highest BCUT2D eigenvalue weighted by molar-refractivity contribution is 6.10. The van der Waals surface area contributed by atoms with Crippen LogP contribution >= 0.6 is 0 Å². The van der Waals surface area contributed by atoms with Crippen LogP contribution in [0.2, 0.25) is 0 Å². The normalized spacial score (nSPS) is 20.9. The van der Waals surface area contributed by atoms with Gasteiger partial charge in [-0.3, -0.25) is 4.79 Å². The summed E-state index contributed by atoms with van der Waals surface area (Å²) in [5.41, 5.74) is 2.33. The maximum atomic E-state index is 12.8. The molecule has 0 fully saturated rings. The molecule has 0 saturated heterocycles. The molecule has 3 nitrogen and oxygen atoms in total. The van der Waals surface area contributed by atoms with Crippen LogP contribution in [-0.4, -0.2) is 20.1 Å². The lowest BCUT2D eigenvalue weighted by molar-refractivity contribution is -0.121. The molecule has 1 atom stereocenters. The predicted octanol–water partition coefficient (Wildman–Crippen LogP) is 2.98. The Morgan fingerprint density at radius 3 is 2.45 bits per heavy atom. The second-order valence-corrected chi connectivity index (χ2v) is 5.24. The maximum absolute atomic E-state index is 12.8. The van der Waals surface area contributed by atoms with E-state index in [0.29, 0.717) is 0 Å². The number of likely N-dealkylation sites (N-methyl/N-ethyl adjacent to an activating group) is 1. The number of hydrogen-bond donors (Lipinski definition) is 0. The first-order valence-electron chi connectivity index (χ1n) is 6.61. The Hall–Kier alpha value is -2.29. The quantitative estimate of drug-likeness (QED) is 0.837. The van der Waals surface area contributed by atoms with E-state index in [0.717, 1.165) is 22.6 Å². The number of fused-ring (bicyclic) bond motifs is 1. The smallest absolute Gasteiger partial charge is 0.241 e. The lowest BCUT2D eigenvalue weighted by atomic mass is 9.77. The molecule has 0 N–H and O–H groups in total. The van der Waals surface area contributed by atoms with Crippen molar-refractivity contribution in [2.45, 2.75) is 12.3 Å². The zero-order valence-corrected chi connectivity index (χ0v) is 11.9. The van der Waals surface area contributed by atoms with Crippen molar-refractivity contribution in [1.82, 2.24) is 0 Å². The second-order valence-electron chi connectivity index (χ2n) is 5.24. The number of rotatable bonds is 2. The minimum absolute atomic E-state index is 0.0898. The summed E-state index contributed by atoms with van der Waals surface area (Å²) in [5, 5.41) is 0. The van der Waals surface area contributed by atoms with Gasteiger partial charge < -0.3 is 9.64 Å². The van der Waals surface area contributed by atoms with Crippen LogP contribution < -0.4 is 9.64 Å². The number of hydrogen-bond acceptors (Lipinski definition) is 2. The molecule has 1 aliphatic heterocycles. The molecule has 0 aliphatic carbocycles. The van der Waals surface area contributed by atoms with E-state index in [-0.39, 0.29) is 5.91 Å². The fourth-order valence-electron chi connectivity index (χ4n) is 2.95. The number of nitrogens with zero attached hydrogens (tertiary/aromatic N) is 1. The summed E-state index contributed by atoms with van der Waals surface area (Å²) in [6.07, 6.45) is 0. The Balaban J connectivity index is 2.23. The molecule has 2 aromatic rings. The highest BCUT2D eigenvalue weighted by Gasteiger charge is 2.47. The van der Waals surface area contributed by atoms with E-state index in [1.54, 1.807) is 12.0 Å². The molecular weight excluding hydrogens is 250 g/mol. The van der Waals surface area contributed by atoms with Crippen LogP contribution in [0.15, 0.2) is 48.5 Å². The lowest BCUT2D eigenvalue weighted by Crippen LogP contribution is -2.36. The van der Waals surface area contributed by atoms with E-state index < -0.39 is 5.41 Å². The van der Waals surface area contributed by atoms with Gasteiger partial charge in [0.15, 0.2) is 0 Å². The molecule has 0 aromatic heterocycles. The number of anilines is 1. The van der Waals surface area contributed by atoms with Gasteiger partial charge in [0.25, 0.3) is 0 Å². The summed E-state index contributed by atoms with van der Waals surface area (Å²) in [6.45, 7) is 1.99. The van der Waals surface area contributed by atoms with Gasteiger partial charge in [-0.1, -0.05) is 36.4 Å². The minimum atomic E-state index is -0.627. The van der Waals surface area contributed by atoms with Gasteiger partial charge in [0.1, 0.15) is 5.75 Å². The molecule has 2 aromatic carbocycles. The average molecular weight is 267 g/mol. The van der Waals surface area contributed by atoms with Crippen LogP contribution in [0.25, 0.3) is 0 Å². The Kier molecular flexibility index (Phi) is 2.78. The van der Waals surface area contributed by atoms with Crippen LogP contribution in [0, 0.1) is 0 Å². The van der Waals surface area contributed by atoms with E-state index in [1.165, 1.54) is 0 Å². The minimum Gasteiger partial charge on any atom is -0.497 e. The van der Waals surface area contributed by atoms with Crippen LogP contribution in [0.1, 0.15) is 18.1 Å². The summed E-state index contributed by atoms with van der Waals surface area (Å²) < 4.78 is 5.26. The van der Waals surface area contributed by atoms with Crippen molar-refractivity contribution in [2.24, 2.45) is 0 Å². The molecule has 0 spiro atoms. The number of ether oxygens (including phenoxy) is 1. The maximum Gasteiger partial charge on any atom is 0.241 e. The van der Waals surface area contributed by atoms with Crippen molar-refractivity contribution in [3.63, 3.8) is 0 Å². The van der Waals surface area contributed by atoms with Gasteiger partial charge in [-0.2, -0.15) is 0 Å². The van der Waals surface area contributed by atoms with Gasteiger partial charge in [0.05, 0.1) is 18.2 Å². The van der Waals surface area contributed by atoms with Crippen LogP contribution in [0.4, 0.5) is 5.69 Å². The molecule has 3 heteroatoms. The SMILES string of the molecule is COc1ccc2c(c1)N(C)C(=O)[C@@]2(C)c1ccccc1. The highest BCUT2D eigenvalue weighted by atomic mass is 16.5. The topological polar surface area (TPSA) is 29.5 Å². The number of carbonyl (C=O) groups is 1. The monoisotopic (exact) mass is 267 g/mol. The Bertz CT molecular complexity index is 666. The first kappa shape index (κ1) is 12.7. The van der Waals surface area contributed by atoms with Crippen molar-refractivity contribution in [3.05, 3.63) is 59.7 Å². The highest BCUT2D eigenvalue weighted by Crippen LogP contribution is 2.46. The van der Waals surface area contributed by atoms with E-state index in [4.69, 9.17) is 4.74 Å². The third-order valence-corrected chi connectivity index (χ3v) is 4.19. The summed E-state index contributed by atoms with van der Waals surface area (Å²) in [4.78, 5) is 14.5. The standard InChI is InChI=1S/C17H17NO2/c1-17(12-7-5-4-6-8-12)14-10-9-13(20-3)11-15(14)18(2)16(17)19/h4-11H,1-3H3/t17-/m0/s1. The molecule has 0 unspecified atom stereocenters. The fraction of sp³-hybridized carbons (Fsp3) is 0.235. The third kappa shape index (κ3) is 1.56. The first-order valence-corrected chi connectivity index (χ1v) is 6.61. The summed E-state index contributed by atoms with van der Waals surface area (Å²) in [7, 11) is 3.45. The molecule has 0 saturated carbocycles. The molecular formula is C17H17NO2. The molecule has 3 rings (SSSR count). The van der Waals surface area contributed by atoms with Gasteiger partial charge in [-0.25, -0.2) is 0 Å². The lowest BCUT2D eigenvalue weighted by Gasteiger charge is -2.23. The summed E-state index contributed by atoms with van der Waals surface area (Å²) in [6, 6.07) is 15.7. The first-order chi connectivity index (χ1) is 9.59. The molecule has 1 amide bonds. The van der Waals surface area contributed by atoms with E-state index in [1.807, 2.05) is 62.5 Å². The van der Waals surface area contributed by atoms with Crippen LogP contribution in [-0.2, 0) is 10.2 Å². The van der Waals surface area contributed by atoms with Crippen LogP contribution in [0.3, 0.4) is 0 Å². The summed E-state index contributed by atoms with van der Waals surface area (Å²) >= 11 is 0. The van der Waals surface area contributed by atoms with E-state index in [2.05, 4.69) is 0 Å². The van der Waals surface area contributed by atoms with Gasteiger partial charge in [0, 0.05) is 13.1 Å². The Morgan fingerprint density at radius 2 is 1.80 bits per heavy atom. The van der Waals surface area contributed by atoms with Crippen LogP contribution in [0.5, 0.6) is 5.75 Å². The van der Waals surface area contributed by atoms with Crippen molar-refractivity contribution in [2.75, 3.05) is 19.1 Å². The Morgan fingerprint density at radius 1 is 1.10 bits per heavy atom. The third-order valence-electron chi connectivity index (χ3n) is 4.19. The molecule has 20 heavy (non-hydrogen) atoms. The largest absolute Gasteiger partial charge is 0.497 e. The average Bonchev–Trinajstić information content (AvgIpc) is 2.70. The van der Waals surface area contributed by atoms with Crippen molar-refractivity contribution in [1.29, 1.82) is 0 Å². The fourth-order valence-corrected chi connectivity index (χ4v) is 2.95. The molecule has 0 radical (unpaired) electrons. The van der Waals surface area contributed by atoms with Gasteiger partial charge >= 0.3 is 0 Å². The zero-order valence-electron chi connectivity index (χ0n) is 11.9. The van der Waals surface area contributed by atoms with Gasteiger partial charge in [-0.15, -0.1) is 0 Å². The van der Waals surface area contributed by atoms with Gasteiger partial charge in [-0.05, 0) is 24.1 Å². The van der Waals surface area contributed by atoms with Crippen molar-refractivity contribution in [3.8, 4) is 5.75 Å².